The molecule has 28 heavy (non-hydrogen) atoms. The van der Waals surface area contributed by atoms with E-state index >= 15 is 0 Å². The summed E-state index contributed by atoms with van der Waals surface area (Å²) in [5.41, 5.74) is 0.688. The highest BCUT2D eigenvalue weighted by molar-refractivity contribution is 9.10. The summed E-state index contributed by atoms with van der Waals surface area (Å²) in [5, 5.41) is 8.67. The summed E-state index contributed by atoms with van der Waals surface area (Å²) < 4.78 is 42.2. The quantitative estimate of drug-likeness (QED) is 0.450. The number of carboxylic acid groups (broad SMARTS) is 1. The van der Waals surface area contributed by atoms with Crippen LogP contribution >= 0.6 is 15.9 Å². The van der Waals surface area contributed by atoms with E-state index < -0.39 is 22.0 Å². The van der Waals surface area contributed by atoms with Gasteiger partial charge < -0.3 is 5.11 Å². The van der Waals surface area contributed by atoms with Crippen LogP contribution in [0.3, 0.4) is 0 Å². The molecule has 0 fully saturated rings. The average molecular weight is 472 g/mol. The molecule has 0 amide bonds. The zero-order valence-electron chi connectivity index (χ0n) is 15.3. The molecule has 0 spiro atoms. The Kier molecular flexibility index (Phi) is 8.59. The van der Waals surface area contributed by atoms with Crippen LogP contribution in [0.25, 0.3) is 0 Å². The van der Waals surface area contributed by atoms with E-state index in [0.717, 1.165) is 23.7 Å². The van der Waals surface area contributed by atoms with E-state index in [1.54, 1.807) is 24.3 Å². The summed E-state index contributed by atoms with van der Waals surface area (Å²) in [5.74, 6) is -1.20. The molecule has 0 aromatic heterocycles. The van der Waals surface area contributed by atoms with Crippen molar-refractivity contribution in [2.45, 2.75) is 49.5 Å². The van der Waals surface area contributed by atoms with Gasteiger partial charge in [-0.05, 0) is 54.8 Å². The second kappa shape index (κ2) is 10.7. The van der Waals surface area contributed by atoms with E-state index in [-0.39, 0.29) is 17.1 Å². The van der Waals surface area contributed by atoms with Gasteiger partial charge in [-0.1, -0.05) is 47.3 Å². The first-order valence-electron chi connectivity index (χ1n) is 9.03. The van der Waals surface area contributed by atoms with E-state index in [2.05, 4.69) is 20.7 Å². The molecule has 2 N–H and O–H groups in total. The number of rotatable bonds is 11. The van der Waals surface area contributed by atoms with Crippen LogP contribution < -0.4 is 4.72 Å². The van der Waals surface area contributed by atoms with Crippen LogP contribution in [0.1, 0.15) is 50.1 Å². The van der Waals surface area contributed by atoms with Crippen LogP contribution in [0.2, 0.25) is 0 Å². The fourth-order valence-corrected chi connectivity index (χ4v) is 4.36. The maximum atomic E-state index is 13.3. The van der Waals surface area contributed by atoms with Crippen molar-refractivity contribution in [1.29, 1.82) is 0 Å². The number of unbranched alkanes of at least 4 members (excludes halogenated alkanes) is 3. The number of aliphatic carboxylic acids is 1. The highest BCUT2D eigenvalue weighted by Crippen LogP contribution is 2.24. The van der Waals surface area contributed by atoms with E-state index in [1.807, 2.05) is 0 Å². The van der Waals surface area contributed by atoms with Gasteiger partial charge in [-0.3, -0.25) is 4.79 Å². The summed E-state index contributed by atoms with van der Waals surface area (Å²) in [4.78, 5) is 10.7. The predicted molar refractivity (Wildman–Crippen MR) is 109 cm³/mol. The molecule has 1 atom stereocenters. The SMILES string of the molecule is O=C(O)CCCCCCC(NS(=O)(=O)c1ccc(Br)cc1)c1ccc(F)cc1. The molecule has 0 aliphatic rings. The van der Waals surface area contributed by atoms with Gasteiger partial charge in [0.05, 0.1) is 4.90 Å². The molecule has 5 nitrogen and oxygen atoms in total. The Morgan fingerprint density at radius 3 is 2.21 bits per heavy atom. The number of nitrogens with one attached hydrogen (secondary N) is 1. The first-order chi connectivity index (χ1) is 13.3. The first-order valence-corrected chi connectivity index (χ1v) is 11.3. The molecule has 0 aliphatic carbocycles. The van der Waals surface area contributed by atoms with Crippen molar-refractivity contribution < 1.29 is 22.7 Å². The number of hydrogen-bond donors (Lipinski definition) is 2. The molecule has 152 valence electrons. The van der Waals surface area contributed by atoms with E-state index in [0.29, 0.717) is 18.4 Å². The smallest absolute Gasteiger partial charge is 0.303 e. The van der Waals surface area contributed by atoms with Gasteiger partial charge in [0.15, 0.2) is 0 Å². The van der Waals surface area contributed by atoms with Crippen LogP contribution in [0.4, 0.5) is 4.39 Å². The second-order valence-electron chi connectivity index (χ2n) is 6.53. The van der Waals surface area contributed by atoms with E-state index in [9.17, 15) is 17.6 Å². The number of carbonyl (C=O) groups is 1. The second-order valence-corrected chi connectivity index (χ2v) is 9.16. The van der Waals surface area contributed by atoms with Crippen LogP contribution in [0.5, 0.6) is 0 Å². The van der Waals surface area contributed by atoms with Gasteiger partial charge in [0.2, 0.25) is 10.0 Å². The zero-order chi connectivity index (χ0) is 20.6. The standard InChI is InChI=1S/C20H23BrFNO4S/c21-16-9-13-18(14-10-16)28(26,27)23-19(15-7-11-17(22)12-8-15)5-3-1-2-4-6-20(24)25/h7-14,19,23H,1-6H2,(H,24,25). The van der Waals surface area contributed by atoms with Crippen molar-refractivity contribution >= 4 is 31.9 Å². The highest BCUT2D eigenvalue weighted by Gasteiger charge is 2.21. The molecule has 0 heterocycles. The van der Waals surface area contributed by atoms with Gasteiger partial charge in [-0.15, -0.1) is 0 Å². The molecule has 0 saturated carbocycles. The van der Waals surface area contributed by atoms with E-state index in [4.69, 9.17) is 5.11 Å². The number of carboxylic acids is 1. The van der Waals surface area contributed by atoms with Crippen molar-refractivity contribution in [3.05, 3.63) is 64.4 Å². The molecule has 2 aromatic carbocycles. The van der Waals surface area contributed by atoms with Crippen molar-refractivity contribution in [3.8, 4) is 0 Å². The Labute approximate surface area is 173 Å². The fourth-order valence-electron chi connectivity index (χ4n) is 2.84. The molecule has 8 heteroatoms. The molecular weight excluding hydrogens is 449 g/mol. The largest absolute Gasteiger partial charge is 0.481 e. The summed E-state index contributed by atoms with van der Waals surface area (Å²) in [6.45, 7) is 0. The molecule has 0 saturated heterocycles. The minimum absolute atomic E-state index is 0.136. The topological polar surface area (TPSA) is 83.5 Å². The average Bonchev–Trinajstić information content (AvgIpc) is 2.64. The third-order valence-electron chi connectivity index (χ3n) is 4.33. The van der Waals surface area contributed by atoms with Crippen LogP contribution in [0, 0.1) is 5.82 Å². The van der Waals surface area contributed by atoms with Gasteiger partial charge in [0.1, 0.15) is 5.82 Å². The van der Waals surface area contributed by atoms with Crippen molar-refractivity contribution in [3.63, 3.8) is 0 Å². The number of hydrogen-bond acceptors (Lipinski definition) is 3. The lowest BCUT2D eigenvalue weighted by Crippen LogP contribution is -2.28. The fraction of sp³-hybridized carbons (Fsp3) is 0.350. The lowest BCUT2D eigenvalue weighted by molar-refractivity contribution is -0.137. The Morgan fingerprint density at radius 1 is 1.00 bits per heavy atom. The summed E-state index contributed by atoms with van der Waals surface area (Å²) in [7, 11) is -3.74. The summed E-state index contributed by atoms with van der Waals surface area (Å²) in [6, 6.07) is 11.6. The molecule has 0 bridgehead atoms. The Balaban J connectivity index is 2.06. The molecular formula is C20H23BrFNO4S. The number of halogens is 2. The van der Waals surface area contributed by atoms with Crippen LogP contribution in [-0.2, 0) is 14.8 Å². The van der Waals surface area contributed by atoms with Gasteiger partial charge >= 0.3 is 5.97 Å². The first kappa shape index (κ1) is 22.5. The Morgan fingerprint density at radius 2 is 1.61 bits per heavy atom. The Bertz CT molecular complexity index is 870. The number of sulfonamides is 1. The van der Waals surface area contributed by atoms with Crippen molar-refractivity contribution in [2.24, 2.45) is 0 Å². The lowest BCUT2D eigenvalue weighted by atomic mass is 10.0. The summed E-state index contributed by atoms with van der Waals surface area (Å²) in [6.07, 6.45) is 3.56. The zero-order valence-corrected chi connectivity index (χ0v) is 17.7. The molecule has 2 aromatic rings. The van der Waals surface area contributed by atoms with Gasteiger partial charge in [0, 0.05) is 16.9 Å². The predicted octanol–water partition coefficient (Wildman–Crippen LogP) is 5.03. The maximum Gasteiger partial charge on any atom is 0.303 e. The summed E-state index contributed by atoms with van der Waals surface area (Å²) >= 11 is 3.28. The monoisotopic (exact) mass is 471 g/mol. The lowest BCUT2D eigenvalue weighted by Gasteiger charge is -2.19. The van der Waals surface area contributed by atoms with Gasteiger partial charge in [-0.2, -0.15) is 0 Å². The van der Waals surface area contributed by atoms with Crippen molar-refractivity contribution in [1.82, 2.24) is 4.72 Å². The van der Waals surface area contributed by atoms with Crippen molar-refractivity contribution in [2.75, 3.05) is 0 Å². The molecule has 1 unspecified atom stereocenters. The maximum absolute atomic E-state index is 13.3. The minimum atomic E-state index is -3.74. The normalized spacial score (nSPS) is 12.6. The van der Waals surface area contributed by atoms with Gasteiger partial charge in [0.25, 0.3) is 0 Å². The Hall–Kier alpha value is -1.77. The third-order valence-corrected chi connectivity index (χ3v) is 6.34. The minimum Gasteiger partial charge on any atom is -0.481 e. The highest BCUT2D eigenvalue weighted by atomic mass is 79.9. The van der Waals surface area contributed by atoms with E-state index in [1.165, 1.54) is 24.3 Å². The molecule has 2 rings (SSSR count). The van der Waals surface area contributed by atoms with Crippen LogP contribution in [-0.4, -0.2) is 19.5 Å². The molecule has 0 aliphatic heterocycles. The molecule has 0 radical (unpaired) electrons. The number of benzene rings is 2. The van der Waals surface area contributed by atoms with Crippen LogP contribution in [0.15, 0.2) is 57.9 Å². The van der Waals surface area contributed by atoms with Gasteiger partial charge in [-0.25, -0.2) is 17.5 Å². The third kappa shape index (κ3) is 7.33.